The molecular weight excluding hydrogens is 256 g/mol. The lowest BCUT2D eigenvalue weighted by Gasteiger charge is -2.38. The topological polar surface area (TPSA) is 44.8 Å². The third-order valence-corrected chi connectivity index (χ3v) is 3.64. The second-order valence-electron chi connectivity index (χ2n) is 5.18. The molecule has 0 aromatic heterocycles. The van der Waals surface area contributed by atoms with Crippen molar-refractivity contribution in [1.29, 1.82) is 0 Å². The first-order chi connectivity index (χ1) is 9.72. The first kappa shape index (κ1) is 13.3. The summed E-state index contributed by atoms with van der Waals surface area (Å²) in [6.45, 7) is 2.06. The molecule has 3 rings (SSSR count). The minimum Gasteiger partial charge on any atom is -0.458 e. The highest BCUT2D eigenvalue weighted by atomic mass is 16.7. The van der Waals surface area contributed by atoms with Gasteiger partial charge in [-0.05, 0) is 6.08 Å². The highest BCUT2D eigenvalue weighted by Gasteiger charge is 2.35. The van der Waals surface area contributed by atoms with Gasteiger partial charge in [0.05, 0.1) is 12.7 Å². The van der Waals surface area contributed by atoms with E-state index in [0.717, 1.165) is 5.56 Å². The maximum Gasteiger partial charge on any atom is 0.303 e. The molecule has 2 aliphatic rings. The van der Waals surface area contributed by atoms with E-state index in [4.69, 9.17) is 14.2 Å². The van der Waals surface area contributed by atoms with Gasteiger partial charge in [-0.25, -0.2) is 0 Å². The van der Waals surface area contributed by atoms with Gasteiger partial charge in [-0.2, -0.15) is 0 Å². The summed E-state index contributed by atoms with van der Waals surface area (Å²) in [7, 11) is 0. The van der Waals surface area contributed by atoms with Crippen molar-refractivity contribution < 1.29 is 19.0 Å². The number of hydrogen-bond donors (Lipinski definition) is 0. The average Bonchev–Trinajstić information content (AvgIpc) is 2.47. The molecule has 0 amide bonds. The van der Waals surface area contributed by atoms with Crippen molar-refractivity contribution >= 4 is 5.97 Å². The number of carbonyl (C=O) groups excluding carboxylic acids is 1. The van der Waals surface area contributed by atoms with Crippen LogP contribution in [0.5, 0.6) is 0 Å². The minimum absolute atomic E-state index is 0.0308. The lowest BCUT2D eigenvalue weighted by molar-refractivity contribution is -0.240. The van der Waals surface area contributed by atoms with Crippen LogP contribution < -0.4 is 0 Å². The van der Waals surface area contributed by atoms with Gasteiger partial charge in [0.25, 0.3) is 0 Å². The van der Waals surface area contributed by atoms with E-state index in [1.165, 1.54) is 6.92 Å². The first-order valence-electron chi connectivity index (χ1n) is 6.90. The Kier molecular flexibility index (Phi) is 3.85. The first-order valence-corrected chi connectivity index (χ1v) is 6.90. The molecule has 4 atom stereocenters. The van der Waals surface area contributed by atoms with Crippen LogP contribution in [-0.4, -0.2) is 24.8 Å². The highest BCUT2D eigenvalue weighted by molar-refractivity contribution is 5.66. The van der Waals surface area contributed by atoms with Gasteiger partial charge in [0.2, 0.25) is 0 Å². The van der Waals surface area contributed by atoms with Gasteiger partial charge in [-0.15, -0.1) is 0 Å². The second-order valence-corrected chi connectivity index (χ2v) is 5.18. The summed E-state index contributed by atoms with van der Waals surface area (Å²) in [5.41, 5.74) is 1.02. The minimum atomic E-state index is -0.332. The van der Waals surface area contributed by atoms with Crippen molar-refractivity contribution in [2.75, 3.05) is 6.61 Å². The number of carbonyl (C=O) groups is 1. The molecule has 1 heterocycles. The van der Waals surface area contributed by atoms with Crippen LogP contribution in [0.4, 0.5) is 0 Å². The van der Waals surface area contributed by atoms with Crippen LogP contribution in [0.25, 0.3) is 0 Å². The van der Waals surface area contributed by atoms with Gasteiger partial charge in [0.15, 0.2) is 6.29 Å². The van der Waals surface area contributed by atoms with E-state index in [2.05, 4.69) is 0 Å². The number of ether oxygens (including phenoxy) is 3. The summed E-state index contributed by atoms with van der Waals surface area (Å²) < 4.78 is 17.0. The Balaban J connectivity index is 1.68. The van der Waals surface area contributed by atoms with Crippen LogP contribution in [-0.2, 0) is 19.0 Å². The average molecular weight is 274 g/mol. The Morgan fingerprint density at radius 2 is 2.05 bits per heavy atom. The van der Waals surface area contributed by atoms with Crippen molar-refractivity contribution in [3.63, 3.8) is 0 Å². The molecule has 1 fully saturated rings. The Hall–Kier alpha value is -1.65. The van der Waals surface area contributed by atoms with E-state index in [0.29, 0.717) is 13.0 Å². The van der Waals surface area contributed by atoms with Gasteiger partial charge in [0, 0.05) is 24.8 Å². The summed E-state index contributed by atoms with van der Waals surface area (Å²) in [6, 6.07) is 9.89. The molecule has 4 heteroatoms. The molecule has 0 N–H and O–H groups in total. The molecule has 1 aliphatic carbocycles. The van der Waals surface area contributed by atoms with E-state index < -0.39 is 0 Å². The van der Waals surface area contributed by atoms with Crippen molar-refractivity contribution in [2.24, 2.45) is 5.92 Å². The maximum absolute atomic E-state index is 11.0. The van der Waals surface area contributed by atoms with Crippen molar-refractivity contribution in [2.45, 2.75) is 31.8 Å². The molecular formula is C16H18O4. The fraction of sp³-hybridized carbons (Fsp3) is 0.438. The Morgan fingerprint density at radius 1 is 1.25 bits per heavy atom. The van der Waals surface area contributed by atoms with E-state index in [1.807, 2.05) is 42.5 Å². The van der Waals surface area contributed by atoms with Crippen LogP contribution in [0.1, 0.15) is 25.2 Å². The third kappa shape index (κ3) is 2.92. The van der Waals surface area contributed by atoms with E-state index in [-0.39, 0.29) is 30.4 Å². The summed E-state index contributed by atoms with van der Waals surface area (Å²) in [5, 5.41) is 0. The number of rotatable bonds is 2. The molecule has 20 heavy (non-hydrogen) atoms. The van der Waals surface area contributed by atoms with Gasteiger partial charge >= 0.3 is 5.97 Å². The zero-order valence-corrected chi connectivity index (χ0v) is 11.4. The van der Waals surface area contributed by atoms with Crippen molar-refractivity contribution in [1.82, 2.24) is 0 Å². The molecule has 0 saturated carbocycles. The van der Waals surface area contributed by atoms with Crippen LogP contribution in [0.15, 0.2) is 42.5 Å². The second kappa shape index (κ2) is 5.77. The molecule has 0 bridgehead atoms. The summed E-state index contributed by atoms with van der Waals surface area (Å²) in [6.07, 6.45) is 4.16. The molecule has 1 aliphatic heterocycles. The quantitative estimate of drug-likeness (QED) is 0.614. The summed E-state index contributed by atoms with van der Waals surface area (Å²) >= 11 is 0. The van der Waals surface area contributed by atoms with Gasteiger partial charge in [0.1, 0.15) is 6.10 Å². The van der Waals surface area contributed by atoms with Gasteiger partial charge < -0.3 is 14.2 Å². The third-order valence-electron chi connectivity index (χ3n) is 3.64. The Labute approximate surface area is 118 Å². The van der Waals surface area contributed by atoms with Crippen LogP contribution in [0.3, 0.4) is 0 Å². The molecule has 0 spiro atoms. The fourth-order valence-corrected chi connectivity index (χ4v) is 2.67. The van der Waals surface area contributed by atoms with Crippen molar-refractivity contribution in [3.05, 3.63) is 48.0 Å². The van der Waals surface area contributed by atoms with Crippen LogP contribution >= 0.6 is 0 Å². The standard InChI is InChI=1S/C16H18O4/c1-11(17)19-14-8-7-13-10-18-16(20-15(13)9-14)12-5-3-2-4-6-12/h2-8,13-16H,9-10H2,1H3/t13-,14+,15+,16?/m1/s1. The molecule has 1 unspecified atom stereocenters. The molecule has 1 aromatic carbocycles. The van der Waals surface area contributed by atoms with E-state index in [1.54, 1.807) is 0 Å². The highest BCUT2D eigenvalue weighted by Crippen LogP contribution is 2.34. The number of hydrogen-bond acceptors (Lipinski definition) is 4. The smallest absolute Gasteiger partial charge is 0.303 e. The zero-order valence-electron chi connectivity index (χ0n) is 11.4. The molecule has 106 valence electrons. The molecule has 1 saturated heterocycles. The lowest BCUT2D eigenvalue weighted by atomic mass is 9.90. The zero-order chi connectivity index (χ0) is 13.9. The van der Waals surface area contributed by atoms with Crippen molar-refractivity contribution in [3.8, 4) is 0 Å². The monoisotopic (exact) mass is 274 g/mol. The normalized spacial score (nSPS) is 32.5. The van der Waals surface area contributed by atoms with Crippen LogP contribution in [0.2, 0.25) is 0 Å². The predicted molar refractivity (Wildman–Crippen MR) is 72.8 cm³/mol. The lowest BCUT2D eigenvalue weighted by Crippen LogP contribution is -2.40. The van der Waals surface area contributed by atoms with E-state index >= 15 is 0 Å². The van der Waals surface area contributed by atoms with Crippen LogP contribution in [0, 0.1) is 5.92 Å². The largest absolute Gasteiger partial charge is 0.458 e. The summed E-state index contributed by atoms with van der Waals surface area (Å²) in [5.74, 6) is -0.0217. The fourth-order valence-electron chi connectivity index (χ4n) is 2.67. The molecule has 0 radical (unpaired) electrons. The Bertz CT molecular complexity index is 496. The molecule has 1 aromatic rings. The molecule has 4 nitrogen and oxygen atoms in total. The van der Waals surface area contributed by atoms with Gasteiger partial charge in [-0.1, -0.05) is 36.4 Å². The SMILES string of the molecule is CC(=O)O[C@H]1C=C[C@@H]2COC(c3ccccc3)O[C@H]2C1. The number of esters is 1. The Morgan fingerprint density at radius 3 is 2.80 bits per heavy atom. The van der Waals surface area contributed by atoms with E-state index in [9.17, 15) is 4.79 Å². The maximum atomic E-state index is 11.0. The number of benzene rings is 1. The van der Waals surface area contributed by atoms with Gasteiger partial charge in [-0.3, -0.25) is 4.79 Å². The summed E-state index contributed by atoms with van der Waals surface area (Å²) in [4.78, 5) is 11.0. The predicted octanol–water partition coefficient (Wildman–Crippen LogP) is 2.61. The number of fused-ring (bicyclic) bond motifs is 1.